The number of hydrogen-bond donors (Lipinski definition) is 1. The molecule has 0 aliphatic rings. The van der Waals surface area contributed by atoms with E-state index < -0.39 is 6.10 Å². The maximum Gasteiger partial charge on any atom is 0.265 e. The lowest BCUT2D eigenvalue weighted by Gasteiger charge is -2.18. The van der Waals surface area contributed by atoms with Crippen molar-refractivity contribution in [2.45, 2.75) is 32.9 Å². The van der Waals surface area contributed by atoms with Gasteiger partial charge in [0.15, 0.2) is 6.10 Å². The van der Waals surface area contributed by atoms with Gasteiger partial charge in [0.25, 0.3) is 5.91 Å². The van der Waals surface area contributed by atoms with Crippen molar-refractivity contribution in [3.05, 3.63) is 84.9 Å². The molecule has 1 atom stereocenters. The first kappa shape index (κ1) is 20.1. The fraction of sp³-hybridized carbons (Fsp3) is 0.179. The van der Waals surface area contributed by atoms with Crippen LogP contribution in [0.15, 0.2) is 84.9 Å². The fourth-order valence-electron chi connectivity index (χ4n) is 4.42. The first-order chi connectivity index (χ1) is 15.7. The first-order valence-electron chi connectivity index (χ1n) is 11.1. The number of aryl methyl sites for hydroxylation is 1. The SMILES string of the molecule is CC[C@H](Oc1ccc2ccccc2c1)C(=O)Nc1ccc2c(c1)c1ccccc1n2CC. The number of aromatic nitrogens is 1. The molecule has 1 aromatic heterocycles. The lowest BCUT2D eigenvalue weighted by Crippen LogP contribution is -2.32. The molecule has 32 heavy (non-hydrogen) atoms. The molecule has 0 aliphatic carbocycles. The predicted octanol–water partition coefficient (Wildman–Crippen LogP) is 6.76. The lowest BCUT2D eigenvalue weighted by atomic mass is 10.1. The lowest BCUT2D eigenvalue weighted by molar-refractivity contribution is -0.122. The van der Waals surface area contributed by atoms with Gasteiger partial charge in [-0.05, 0) is 60.5 Å². The second kappa shape index (κ2) is 8.39. The van der Waals surface area contributed by atoms with Crippen molar-refractivity contribution >= 4 is 44.2 Å². The molecule has 1 heterocycles. The summed E-state index contributed by atoms with van der Waals surface area (Å²) in [7, 11) is 0. The third-order valence-electron chi connectivity index (χ3n) is 6.02. The van der Waals surface area contributed by atoms with Gasteiger partial charge in [-0.15, -0.1) is 0 Å². The quantitative estimate of drug-likeness (QED) is 0.328. The van der Waals surface area contributed by atoms with Gasteiger partial charge in [-0.3, -0.25) is 4.79 Å². The number of amides is 1. The second-order valence-corrected chi connectivity index (χ2v) is 8.01. The minimum Gasteiger partial charge on any atom is -0.481 e. The van der Waals surface area contributed by atoms with Crippen LogP contribution in [-0.4, -0.2) is 16.6 Å². The molecule has 0 saturated carbocycles. The number of benzene rings is 4. The summed E-state index contributed by atoms with van der Waals surface area (Å²) in [5.74, 6) is 0.561. The van der Waals surface area contributed by atoms with E-state index in [4.69, 9.17) is 4.74 Å². The van der Waals surface area contributed by atoms with Crippen molar-refractivity contribution in [2.24, 2.45) is 0 Å². The Morgan fingerprint density at radius 1 is 0.844 bits per heavy atom. The Balaban J connectivity index is 1.40. The Labute approximate surface area is 187 Å². The van der Waals surface area contributed by atoms with Crippen LogP contribution in [0.5, 0.6) is 5.75 Å². The van der Waals surface area contributed by atoms with E-state index in [1.54, 1.807) is 0 Å². The van der Waals surface area contributed by atoms with E-state index in [2.05, 4.69) is 59.3 Å². The van der Waals surface area contributed by atoms with E-state index in [-0.39, 0.29) is 5.91 Å². The van der Waals surface area contributed by atoms with Crippen molar-refractivity contribution in [3.8, 4) is 5.75 Å². The largest absolute Gasteiger partial charge is 0.481 e. The molecule has 5 rings (SSSR count). The second-order valence-electron chi connectivity index (χ2n) is 8.01. The van der Waals surface area contributed by atoms with Crippen LogP contribution in [-0.2, 0) is 11.3 Å². The van der Waals surface area contributed by atoms with Crippen LogP contribution in [0.3, 0.4) is 0 Å². The van der Waals surface area contributed by atoms with Crippen molar-refractivity contribution in [3.63, 3.8) is 0 Å². The predicted molar refractivity (Wildman–Crippen MR) is 132 cm³/mol. The van der Waals surface area contributed by atoms with Gasteiger partial charge in [0.1, 0.15) is 5.75 Å². The number of hydrogen-bond acceptors (Lipinski definition) is 2. The molecule has 0 aliphatic heterocycles. The van der Waals surface area contributed by atoms with Gasteiger partial charge in [0, 0.05) is 34.0 Å². The molecular weight excluding hydrogens is 396 g/mol. The van der Waals surface area contributed by atoms with Crippen LogP contribution in [0.4, 0.5) is 5.69 Å². The molecule has 4 heteroatoms. The molecule has 1 N–H and O–H groups in total. The molecule has 1 amide bonds. The van der Waals surface area contributed by atoms with E-state index in [0.717, 1.165) is 28.4 Å². The zero-order chi connectivity index (χ0) is 22.1. The van der Waals surface area contributed by atoms with Crippen molar-refractivity contribution in [1.29, 1.82) is 0 Å². The number of carbonyl (C=O) groups excluding carboxylic acids is 1. The highest BCUT2D eigenvalue weighted by Gasteiger charge is 2.19. The Bertz CT molecular complexity index is 1430. The molecule has 0 fully saturated rings. The molecular formula is C28H26N2O2. The van der Waals surface area contributed by atoms with E-state index >= 15 is 0 Å². The molecule has 0 unspecified atom stereocenters. The van der Waals surface area contributed by atoms with Crippen LogP contribution in [0.2, 0.25) is 0 Å². The van der Waals surface area contributed by atoms with Gasteiger partial charge >= 0.3 is 0 Å². The molecule has 0 radical (unpaired) electrons. The molecule has 5 aromatic rings. The number of rotatable bonds is 6. The Morgan fingerprint density at radius 3 is 2.41 bits per heavy atom. The Kier molecular flexibility index (Phi) is 5.28. The van der Waals surface area contributed by atoms with Crippen molar-refractivity contribution in [2.75, 3.05) is 5.32 Å². The zero-order valence-electron chi connectivity index (χ0n) is 18.3. The van der Waals surface area contributed by atoms with Crippen molar-refractivity contribution in [1.82, 2.24) is 4.57 Å². The van der Waals surface area contributed by atoms with Gasteiger partial charge in [0.2, 0.25) is 0 Å². The minimum absolute atomic E-state index is 0.140. The highest BCUT2D eigenvalue weighted by molar-refractivity contribution is 6.10. The number of fused-ring (bicyclic) bond motifs is 4. The van der Waals surface area contributed by atoms with Crippen LogP contribution in [0.1, 0.15) is 20.3 Å². The van der Waals surface area contributed by atoms with Gasteiger partial charge in [-0.25, -0.2) is 0 Å². The van der Waals surface area contributed by atoms with Gasteiger partial charge in [-0.1, -0.05) is 55.5 Å². The van der Waals surface area contributed by atoms with Crippen LogP contribution < -0.4 is 10.1 Å². The number of nitrogens with zero attached hydrogens (tertiary/aromatic N) is 1. The fourth-order valence-corrected chi connectivity index (χ4v) is 4.42. The molecule has 4 aromatic carbocycles. The molecule has 160 valence electrons. The molecule has 0 saturated heterocycles. The van der Waals surface area contributed by atoms with Gasteiger partial charge < -0.3 is 14.6 Å². The maximum absolute atomic E-state index is 13.0. The zero-order valence-corrected chi connectivity index (χ0v) is 18.3. The third-order valence-corrected chi connectivity index (χ3v) is 6.02. The van der Waals surface area contributed by atoms with Gasteiger partial charge in [-0.2, -0.15) is 0 Å². The standard InChI is InChI=1S/C28H26N2O2/c1-3-27(32-22-15-13-19-9-5-6-10-20(19)17-22)28(31)29-21-14-16-26-24(18-21)23-11-7-8-12-25(23)30(26)4-2/h5-18,27H,3-4H2,1-2H3,(H,29,31)/t27-/m0/s1. The first-order valence-corrected chi connectivity index (χ1v) is 11.1. The van der Waals surface area contributed by atoms with E-state index in [1.165, 1.54) is 16.4 Å². The Morgan fingerprint density at radius 2 is 1.59 bits per heavy atom. The normalized spacial score (nSPS) is 12.3. The third kappa shape index (κ3) is 3.58. The van der Waals surface area contributed by atoms with Crippen LogP contribution in [0, 0.1) is 0 Å². The van der Waals surface area contributed by atoms with E-state index in [0.29, 0.717) is 12.2 Å². The summed E-state index contributed by atoms with van der Waals surface area (Å²) in [4.78, 5) is 13.0. The number of ether oxygens (including phenoxy) is 1. The molecule has 4 nitrogen and oxygen atoms in total. The summed E-state index contributed by atoms with van der Waals surface area (Å²) >= 11 is 0. The van der Waals surface area contributed by atoms with Gasteiger partial charge in [0.05, 0.1) is 0 Å². The number of para-hydroxylation sites is 1. The monoisotopic (exact) mass is 422 g/mol. The van der Waals surface area contributed by atoms with E-state index in [1.807, 2.05) is 49.4 Å². The maximum atomic E-state index is 13.0. The summed E-state index contributed by atoms with van der Waals surface area (Å²) < 4.78 is 8.37. The topological polar surface area (TPSA) is 43.3 Å². The van der Waals surface area contributed by atoms with Crippen molar-refractivity contribution < 1.29 is 9.53 Å². The van der Waals surface area contributed by atoms with E-state index in [9.17, 15) is 4.79 Å². The summed E-state index contributed by atoms with van der Waals surface area (Å²) in [5, 5.41) is 7.64. The minimum atomic E-state index is -0.566. The van der Waals surface area contributed by atoms with Crippen LogP contribution >= 0.6 is 0 Å². The highest BCUT2D eigenvalue weighted by atomic mass is 16.5. The summed E-state index contributed by atoms with van der Waals surface area (Å²) in [6.07, 6.45) is 0.0135. The summed E-state index contributed by atoms with van der Waals surface area (Å²) in [6.45, 7) is 5.01. The summed E-state index contributed by atoms with van der Waals surface area (Å²) in [5.41, 5.74) is 3.16. The number of anilines is 1. The Hall–Kier alpha value is -3.79. The molecule has 0 bridgehead atoms. The number of carbonyl (C=O) groups is 1. The number of nitrogens with one attached hydrogen (secondary N) is 1. The summed E-state index contributed by atoms with van der Waals surface area (Å²) in [6, 6.07) is 28.5. The smallest absolute Gasteiger partial charge is 0.265 e. The molecule has 0 spiro atoms. The average molecular weight is 423 g/mol. The average Bonchev–Trinajstić information content (AvgIpc) is 3.15. The van der Waals surface area contributed by atoms with Crippen LogP contribution in [0.25, 0.3) is 32.6 Å². The highest BCUT2D eigenvalue weighted by Crippen LogP contribution is 2.31.